The van der Waals surface area contributed by atoms with Gasteiger partial charge in [-0.05, 0) is 42.5 Å². The zero-order chi connectivity index (χ0) is 20.5. The molecule has 0 aliphatic carbocycles. The van der Waals surface area contributed by atoms with Crippen molar-refractivity contribution in [1.29, 1.82) is 0 Å². The second-order valence-corrected chi connectivity index (χ2v) is 9.07. The van der Waals surface area contributed by atoms with Gasteiger partial charge in [-0.3, -0.25) is 0 Å². The van der Waals surface area contributed by atoms with E-state index in [4.69, 9.17) is 5.14 Å². The molecule has 1 atom stereocenters. The number of nitrogens with one attached hydrogen (secondary N) is 1. The summed E-state index contributed by atoms with van der Waals surface area (Å²) in [6, 6.07) is 6.85. The fraction of sp³-hybridized carbons (Fsp3) is 0.474. The molecule has 1 aromatic carbocycles. The van der Waals surface area contributed by atoms with Gasteiger partial charge in [-0.25, -0.2) is 18.5 Å². The van der Waals surface area contributed by atoms with Gasteiger partial charge in [0.1, 0.15) is 5.82 Å². The minimum Gasteiger partial charge on any atom is -0.394 e. The highest BCUT2D eigenvalue weighted by Crippen LogP contribution is 2.27. The molecule has 9 heteroatoms. The van der Waals surface area contributed by atoms with Crippen molar-refractivity contribution in [2.24, 2.45) is 5.14 Å². The Hall–Kier alpha value is -2.23. The molecule has 1 aliphatic heterocycles. The van der Waals surface area contributed by atoms with E-state index in [2.05, 4.69) is 34.0 Å². The van der Waals surface area contributed by atoms with Gasteiger partial charge in [0.25, 0.3) is 0 Å². The Morgan fingerprint density at radius 3 is 2.61 bits per heavy atom. The second kappa shape index (κ2) is 8.02. The number of nitrogens with two attached hydrogens (primary N) is 1. The van der Waals surface area contributed by atoms with Crippen molar-refractivity contribution in [3.05, 3.63) is 41.1 Å². The Morgan fingerprint density at radius 2 is 1.96 bits per heavy atom. The van der Waals surface area contributed by atoms with Crippen molar-refractivity contribution < 1.29 is 13.5 Å². The van der Waals surface area contributed by atoms with Crippen LogP contribution >= 0.6 is 0 Å². The molecule has 0 amide bonds. The average Bonchev–Trinajstić information content (AvgIpc) is 2.66. The number of hydrogen-bond acceptors (Lipinski definition) is 7. The first-order valence-corrected chi connectivity index (χ1v) is 10.9. The van der Waals surface area contributed by atoms with Crippen LogP contribution in [-0.4, -0.2) is 42.7 Å². The molecule has 0 unspecified atom stereocenters. The van der Waals surface area contributed by atoms with Gasteiger partial charge in [0.05, 0.1) is 17.2 Å². The highest BCUT2D eigenvalue weighted by atomic mass is 32.2. The summed E-state index contributed by atoms with van der Waals surface area (Å²) in [5, 5.41) is 17.7. The van der Waals surface area contributed by atoms with E-state index in [-0.39, 0.29) is 23.5 Å². The predicted octanol–water partition coefficient (Wildman–Crippen LogP) is 1.60. The molecule has 0 fully saturated rings. The largest absolute Gasteiger partial charge is 0.394 e. The van der Waals surface area contributed by atoms with Crippen molar-refractivity contribution in [2.45, 2.75) is 50.6 Å². The molecular weight excluding hydrogens is 378 g/mol. The highest BCUT2D eigenvalue weighted by molar-refractivity contribution is 7.89. The van der Waals surface area contributed by atoms with Gasteiger partial charge in [0.15, 0.2) is 0 Å². The molecule has 1 aromatic heterocycles. The molecule has 0 bridgehead atoms. The van der Waals surface area contributed by atoms with Gasteiger partial charge in [0.2, 0.25) is 16.0 Å². The summed E-state index contributed by atoms with van der Waals surface area (Å²) in [6.07, 6.45) is 0.789. The van der Waals surface area contributed by atoms with Gasteiger partial charge < -0.3 is 15.3 Å². The van der Waals surface area contributed by atoms with Gasteiger partial charge in [0, 0.05) is 25.2 Å². The predicted molar refractivity (Wildman–Crippen MR) is 109 cm³/mol. The van der Waals surface area contributed by atoms with E-state index >= 15 is 0 Å². The maximum Gasteiger partial charge on any atom is 0.238 e. The van der Waals surface area contributed by atoms with Gasteiger partial charge in [-0.2, -0.15) is 4.98 Å². The third-order valence-corrected chi connectivity index (χ3v) is 5.73. The topological polar surface area (TPSA) is 121 Å². The second-order valence-electron chi connectivity index (χ2n) is 7.50. The van der Waals surface area contributed by atoms with Crippen molar-refractivity contribution in [3.63, 3.8) is 0 Å². The number of primary sulfonamides is 1. The molecule has 2 aromatic rings. The number of fused-ring (bicyclic) bond motifs is 1. The Kier molecular flexibility index (Phi) is 5.87. The third kappa shape index (κ3) is 4.60. The zero-order valence-electron chi connectivity index (χ0n) is 16.4. The van der Waals surface area contributed by atoms with Crippen LogP contribution in [-0.2, 0) is 23.0 Å². The van der Waals surface area contributed by atoms with Crippen LogP contribution < -0.4 is 15.4 Å². The standard InChI is InChI=1S/C19H27N5O3S/c1-12(2)17-9-18(23-19(22-17)21-13(3)11-25)24-7-6-14-4-5-16(28(20,26)27)8-15(14)10-24/h4-5,8-9,12-13,25H,6-7,10-11H2,1-3H3,(H2,20,26,27)(H,21,22,23)/t13-/m0/s1. The van der Waals surface area contributed by atoms with Crippen molar-refractivity contribution in [3.8, 4) is 0 Å². The summed E-state index contributed by atoms with van der Waals surface area (Å²) in [7, 11) is -3.74. The minimum absolute atomic E-state index is 0.0158. The molecule has 28 heavy (non-hydrogen) atoms. The summed E-state index contributed by atoms with van der Waals surface area (Å²) >= 11 is 0. The van der Waals surface area contributed by atoms with E-state index < -0.39 is 10.0 Å². The number of aromatic nitrogens is 2. The summed E-state index contributed by atoms with van der Waals surface area (Å²) < 4.78 is 23.4. The number of rotatable bonds is 6. The van der Waals surface area contributed by atoms with E-state index in [9.17, 15) is 13.5 Å². The molecular formula is C19H27N5O3S. The number of sulfonamides is 1. The van der Waals surface area contributed by atoms with Crippen LogP contribution in [0.4, 0.5) is 11.8 Å². The number of nitrogens with zero attached hydrogens (tertiary/aromatic N) is 3. The summed E-state index contributed by atoms with van der Waals surface area (Å²) in [4.78, 5) is 11.4. The van der Waals surface area contributed by atoms with Crippen LogP contribution in [0.15, 0.2) is 29.2 Å². The van der Waals surface area contributed by atoms with E-state index in [1.54, 1.807) is 12.1 Å². The molecule has 0 saturated heterocycles. The monoisotopic (exact) mass is 405 g/mol. The molecule has 4 N–H and O–H groups in total. The first-order chi connectivity index (χ1) is 13.2. The Labute approximate surface area is 165 Å². The lowest BCUT2D eigenvalue weighted by Gasteiger charge is -2.31. The van der Waals surface area contributed by atoms with Crippen LogP contribution in [0.5, 0.6) is 0 Å². The van der Waals surface area contributed by atoms with E-state index in [0.29, 0.717) is 12.5 Å². The molecule has 1 aliphatic rings. The van der Waals surface area contributed by atoms with Crippen molar-refractivity contribution in [1.82, 2.24) is 9.97 Å². The normalized spacial score (nSPS) is 15.4. The third-order valence-electron chi connectivity index (χ3n) is 4.82. The summed E-state index contributed by atoms with van der Waals surface area (Å²) in [6.45, 7) is 7.28. The maximum atomic E-state index is 11.7. The van der Waals surface area contributed by atoms with E-state index in [0.717, 1.165) is 35.6 Å². The van der Waals surface area contributed by atoms with Gasteiger partial charge >= 0.3 is 0 Å². The molecule has 3 rings (SSSR count). The Bertz CT molecular complexity index is 962. The zero-order valence-corrected chi connectivity index (χ0v) is 17.2. The summed E-state index contributed by atoms with van der Waals surface area (Å²) in [5.41, 5.74) is 2.96. The molecule has 8 nitrogen and oxygen atoms in total. The van der Waals surface area contributed by atoms with Crippen molar-refractivity contribution in [2.75, 3.05) is 23.4 Å². The van der Waals surface area contributed by atoms with Crippen LogP contribution in [0.3, 0.4) is 0 Å². The van der Waals surface area contributed by atoms with E-state index in [1.807, 2.05) is 19.1 Å². The SMILES string of the molecule is CC(C)c1cc(N2CCc3ccc(S(N)(=O)=O)cc3C2)nc(N[C@@H](C)CO)n1. The molecule has 152 valence electrons. The Morgan fingerprint density at radius 1 is 1.21 bits per heavy atom. The molecule has 0 radical (unpaired) electrons. The fourth-order valence-corrected chi connectivity index (χ4v) is 3.71. The first kappa shape index (κ1) is 20.5. The van der Waals surface area contributed by atoms with Crippen molar-refractivity contribution >= 4 is 21.8 Å². The molecule has 0 saturated carbocycles. The quantitative estimate of drug-likeness (QED) is 0.667. The van der Waals surface area contributed by atoms with Crippen LogP contribution in [0.2, 0.25) is 0 Å². The smallest absolute Gasteiger partial charge is 0.238 e. The van der Waals surface area contributed by atoms with E-state index in [1.165, 1.54) is 0 Å². The lowest BCUT2D eigenvalue weighted by atomic mass is 10.00. The minimum atomic E-state index is -3.74. The number of aliphatic hydroxyl groups is 1. The first-order valence-electron chi connectivity index (χ1n) is 9.33. The highest BCUT2D eigenvalue weighted by Gasteiger charge is 2.21. The van der Waals surface area contributed by atoms with Crippen LogP contribution in [0, 0.1) is 0 Å². The number of aliphatic hydroxyl groups excluding tert-OH is 1. The average molecular weight is 406 g/mol. The number of anilines is 2. The van der Waals surface area contributed by atoms with Crippen LogP contribution in [0.1, 0.15) is 43.5 Å². The Balaban J connectivity index is 1.94. The summed E-state index contributed by atoms with van der Waals surface area (Å²) in [5.74, 6) is 1.47. The maximum absolute atomic E-state index is 11.7. The van der Waals surface area contributed by atoms with Gasteiger partial charge in [-0.15, -0.1) is 0 Å². The number of hydrogen-bond donors (Lipinski definition) is 3. The van der Waals surface area contributed by atoms with Gasteiger partial charge in [-0.1, -0.05) is 19.9 Å². The number of benzene rings is 1. The molecule has 0 spiro atoms. The van der Waals surface area contributed by atoms with Crippen LogP contribution in [0.25, 0.3) is 0 Å². The lowest BCUT2D eigenvalue weighted by molar-refractivity contribution is 0.281. The fourth-order valence-electron chi connectivity index (χ4n) is 3.15. The lowest BCUT2D eigenvalue weighted by Crippen LogP contribution is -2.32. The molecule has 2 heterocycles.